The Kier molecular flexibility index (Phi) is 5.16. The number of hydrogen-bond acceptors (Lipinski definition) is 3. The van der Waals surface area contributed by atoms with E-state index in [2.05, 4.69) is 34.2 Å². The van der Waals surface area contributed by atoms with Crippen LogP contribution in [0.1, 0.15) is 45.2 Å². The fraction of sp³-hybridized carbons (Fsp3) is 0.500. The van der Waals surface area contributed by atoms with Crippen LogP contribution in [-0.2, 0) is 0 Å². The molecule has 20 heavy (non-hydrogen) atoms. The summed E-state index contributed by atoms with van der Waals surface area (Å²) in [5, 5.41) is 6.86. The van der Waals surface area contributed by atoms with Crippen LogP contribution >= 0.6 is 0 Å². The zero-order chi connectivity index (χ0) is 14.4. The van der Waals surface area contributed by atoms with Gasteiger partial charge in [-0.15, -0.1) is 0 Å². The largest absolute Gasteiger partial charge is 0.370 e. The molecule has 0 radical (unpaired) electrons. The summed E-state index contributed by atoms with van der Waals surface area (Å²) in [4.78, 5) is 13.9. The molecule has 1 aromatic rings. The second-order valence-electron chi connectivity index (χ2n) is 5.08. The summed E-state index contributed by atoms with van der Waals surface area (Å²) in [5.41, 5.74) is 2.79. The molecule has 0 saturated carbocycles. The molecule has 1 N–H and O–H groups in total. The van der Waals surface area contributed by atoms with Crippen LogP contribution in [0.15, 0.2) is 29.1 Å². The summed E-state index contributed by atoms with van der Waals surface area (Å²) >= 11 is 0. The van der Waals surface area contributed by atoms with Gasteiger partial charge in [0.25, 0.3) is 5.56 Å². The monoisotopic (exact) mass is 273 g/mol. The van der Waals surface area contributed by atoms with Crippen molar-refractivity contribution in [2.75, 3.05) is 18.0 Å². The van der Waals surface area contributed by atoms with Crippen molar-refractivity contribution >= 4 is 11.3 Å². The number of nitrogens with zero attached hydrogens (tertiary/aromatic N) is 2. The van der Waals surface area contributed by atoms with Gasteiger partial charge in [-0.3, -0.25) is 4.79 Å². The van der Waals surface area contributed by atoms with Crippen LogP contribution < -0.4 is 10.5 Å². The van der Waals surface area contributed by atoms with E-state index in [1.165, 1.54) is 19.3 Å². The van der Waals surface area contributed by atoms with E-state index in [4.69, 9.17) is 0 Å². The van der Waals surface area contributed by atoms with Crippen LogP contribution in [0.2, 0.25) is 0 Å². The number of piperidine rings is 1. The third-order valence-corrected chi connectivity index (χ3v) is 3.53. The van der Waals surface area contributed by atoms with Crippen LogP contribution in [0.4, 0.5) is 5.69 Å². The molecule has 0 aliphatic carbocycles. The van der Waals surface area contributed by atoms with Gasteiger partial charge in [0.1, 0.15) is 5.69 Å². The highest BCUT2D eigenvalue weighted by molar-refractivity contribution is 5.79. The molecule has 1 aromatic heterocycles. The predicted octanol–water partition coefficient (Wildman–Crippen LogP) is 3.13. The SMILES string of the molecule is C/C=C\C(=C/CC)c1n[nH]c(=O)cc1N1CCCCC1. The van der Waals surface area contributed by atoms with Gasteiger partial charge in [0.2, 0.25) is 0 Å². The first-order valence-corrected chi connectivity index (χ1v) is 7.44. The van der Waals surface area contributed by atoms with Crippen molar-refractivity contribution in [2.45, 2.75) is 39.5 Å². The summed E-state index contributed by atoms with van der Waals surface area (Å²) in [6.45, 7) is 6.12. The molecule has 1 aliphatic rings. The van der Waals surface area contributed by atoms with Crippen molar-refractivity contribution < 1.29 is 0 Å². The highest BCUT2D eigenvalue weighted by atomic mass is 16.1. The van der Waals surface area contributed by atoms with E-state index >= 15 is 0 Å². The van der Waals surface area contributed by atoms with E-state index in [0.717, 1.165) is 36.5 Å². The summed E-state index contributed by atoms with van der Waals surface area (Å²) in [7, 11) is 0. The Labute approximate surface area is 120 Å². The van der Waals surface area contributed by atoms with Crippen molar-refractivity contribution in [3.63, 3.8) is 0 Å². The van der Waals surface area contributed by atoms with Gasteiger partial charge in [0, 0.05) is 19.2 Å². The summed E-state index contributed by atoms with van der Waals surface area (Å²) in [6, 6.07) is 1.68. The van der Waals surface area contributed by atoms with Crippen LogP contribution in [0, 0.1) is 0 Å². The lowest BCUT2D eigenvalue weighted by Crippen LogP contribution is -2.31. The Balaban J connectivity index is 2.46. The molecule has 0 unspecified atom stereocenters. The molecule has 4 nitrogen and oxygen atoms in total. The maximum absolute atomic E-state index is 11.6. The first-order valence-electron chi connectivity index (χ1n) is 7.44. The third kappa shape index (κ3) is 3.38. The second-order valence-corrected chi connectivity index (χ2v) is 5.08. The topological polar surface area (TPSA) is 49.0 Å². The Bertz CT molecular complexity index is 551. The maximum atomic E-state index is 11.6. The fourth-order valence-electron chi connectivity index (χ4n) is 2.62. The van der Waals surface area contributed by atoms with Crippen molar-refractivity contribution in [3.05, 3.63) is 40.3 Å². The molecule has 0 atom stereocenters. The van der Waals surface area contributed by atoms with Gasteiger partial charge in [-0.2, -0.15) is 5.10 Å². The third-order valence-electron chi connectivity index (χ3n) is 3.53. The van der Waals surface area contributed by atoms with E-state index in [1.807, 2.05) is 13.0 Å². The lowest BCUT2D eigenvalue weighted by Gasteiger charge is -2.29. The summed E-state index contributed by atoms with van der Waals surface area (Å²) in [6.07, 6.45) is 10.8. The predicted molar refractivity (Wildman–Crippen MR) is 84.0 cm³/mol. The minimum absolute atomic E-state index is 0.134. The van der Waals surface area contributed by atoms with E-state index in [-0.39, 0.29) is 5.56 Å². The lowest BCUT2D eigenvalue weighted by molar-refractivity contribution is 0.576. The van der Waals surface area contributed by atoms with Crippen molar-refractivity contribution in [1.29, 1.82) is 0 Å². The van der Waals surface area contributed by atoms with Crippen LogP contribution in [-0.4, -0.2) is 23.3 Å². The highest BCUT2D eigenvalue weighted by Gasteiger charge is 2.17. The summed E-state index contributed by atoms with van der Waals surface area (Å²) < 4.78 is 0. The van der Waals surface area contributed by atoms with Gasteiger partial charge in [0.15, 0.2) is 0 Å². The molecule has 108 valence electrons. The smallest absolute Gasteiger partial charge is 0.266 e. The van der Waals surface area contributed by atoms with E-state index < -0.39 is 0 Å². The van der Waals surface area contributed by atoms with Crippen LogP contribution in [0.5, 0.6) is 0 Å². The molecule has 2 rings (SSSR count). The maximum Gasteiger partial charge on any atom is 0.266 e. The molecule has 0 spiro atoms. The number of aromatic amines is 1. The van der Waals surface area contributed by atoms with Crippen molar-refractivity contribution in [1.82, 2.24) is 10.2 Å². The number of rotatable bonds is 4. The quantitative estimate of drug-likeness (QED) is 0.857. The lowest BCUT2D eigenvalue weighted by atomic mass is 10.1. The first kappa shape index (κ1) is 14.6. The Morgan fingerprint density at radius 2 is 2.15 bits per heavy atom. The molecule has 0 aromatic carbocycles. The highest BCUT2D eigenvalue weighted by Crippen LogP contribution is 2.27. The molecule has 0 bridgehead atoms. The van der Waals surface area contributed by atoms with Crippen molar-refractivity contribution in [2.24, 2.45) is 0 Å². The fourth-order valence-corrected chi connectivity index (χ4v) is 2.62. The number of allylic oxidation sites excluding steroid dienone is 4. The second kappa shape index (κ2) is 7.08. The Hall–Kier alpha value is -1.84. The molecule has 1 saturated heterocycles. The molecular formula is C16H23N3O. The van der Waals surface area contributed by atoms with Gasteiger partial charge in [-0.1, -0.05) is 25.2 Å². The number of aromatic nitrogens is 2. The Morgan fingerprint density at radius 1 is 1.40 bits per heavy atom. The van der Waals surface area contributed by atoms with Crippen molar-refractivity contribution in [3.8, 4) is 0 Å². The zero-order valence-electron chi connectivity index (χ0n) is 12.4. The van der Waals surface area contributed by atoms with E-state index in [0.29, 0.717) is 0 Å². The normalized spacial score (nSPS) is 16.9. The molecule has 1 fully saturated rings. The molecule has 0 amide bonds. The van der Waals surface area contributed by atoms with Crippen LogP contribution in [0.3, 0.4) is 0 Å². The average molecular weight is 273 g/mol. The molecule has 4 heteroatoms. The van der Waals surface area contributed by atoms with E-state index in [1.54, 1.807) is 6.07 Å². The average Bonchev–Trinajstić information content (AvgIpc) is 2.48. The minimum Gasteiger partial charge on any atom is -0.370 e. The number of hydrogen-bond donors (Lipinski definition) is 1. The minimum atomic E-state index is -0.134. The van der Waals surface area contributed by atoms with Gasteiger partial charge in [-0.25, -0.2) is 5.10 Å². The zero-order valence-corrected chi connectivity index (χ0v) is 12.4. The Morgan fingerprint density at radius 3 is 2.80 bits per heavy atom. The number of H-pyrrole nitrogens is 1. The van der Waals surface area contributed by atoms with Gasteiger partial charge in [0.05, 0.1) is 5.69 Å². The molecule has 1 aliphatic heterocycles. The summed E-state index contributed by atoms with van der Waals surface area (Å²) in [5.74, 6) is 0. The van der Waals surface area contributed by atoms with Gasteiger partial charge < -0.3 is 4.90 Å². The molecular weight excluding hydrogens is 250 g/mol. The van der Waals surface area contributed by atoms with E-state index in [9.17, 15) is 4.79 Å². The number of nitrogens with one attached hydrogen (secondary N) is 1. The standard InChI is InChI=1S/C16H23N3O/c1-3-8-13(9-4-2)16-14(12-15(20)17-18-16)19-10-6-5-7-11-19/h3,8-9,12H,4-7,10-11H2,1-2H3,(H,17,20)/b8-3-,13-9+. The van der Waals surface area contributed by atoms with Crippen LogP contribution in [0.25, 0.3) is 5.57 Å². The van der Waals surface area contributed by atoms with Gasteiger partial charge in [-0.05, 0) is 38.2 Å². The number of anilines is 1. The molecule has 2 heterocycles. The first-order chi connectivity index (χ1) is 9.76. The van der Waals surface area contributed by atoms with Gasteiger partial charge >= 0.3 is 0 Å².